The third kappa shape index (κ3) is 3.88. The molecule has 120 valence electrons. The number of urea groups is 1. The number of amides is 3. The van der Waals surface area contributed by atoms with Crippen molar-refractivity contribution in [1.29, 1.82) is 0 Å². The largest absolute Gasteiger partial charge is 0.360 e. The molecule has 1 fully saturated rings. The number of likely N-dealkylation sites (tertiary alicyclic amines) is 1. The second-order valence-electron chi connectivity index (χ2n) is 5.58. The molecule has 1 unspecified atom stereocenters. The van der Waals surface area contributed by atoms with E-state index in [0.717, 1.165) is 5.56 Å². The predicted octanol–water partition coefficient (Wildman–Crippen LogP) is 1.91. The highest BCUT2D eigenvalue weighted by atomic mass is 16.5. The van der Waals surface area contributed by atoms with Crippen LogP contribution in [-0.2, 0) is 11.3 Å². The summed E-state index contributed by atoms with van der Waals surface area (Å²) in [5.41, 5.74) is 1.07. The molecule has 23 heavy (non-hydrogen) atoms. The van der Waals surface area contributed by atoms with Crippen LogP contribution >= 0.6 is 0 Å². The number of aryl methyl sites for hydroxylation is 1. The maximum absolute atomic E-state index is 12.1. The highest BCUT2D eigenvalue weighted by Gasteiger charge is 2.30. The lowest BCUT2D eigenvalue weighted by molar-refractivity contribution is -0.128. The lowest BCUT2D eigenvalue weighted by Crippen LogP contribution is -2.39. The van der Waals surface area contributed by atoms with Gasteiger partial charge in [0.15, 0.2) is 5.82 Å². The van der Waals surface area contributed by atoms with Crippen molar-refractivity contribution in [2.45, 2.75) is 25.9 Å². The summed E-state index contributed by atoms with van der Waals surface area (Å²) in [4.78, 5) is 25.7. The Balaban J connectivity index is 1.52. The molecule has 0 saturated carbocycles. The monoisotopic (exact) mass is 314 g/mol. The first-order chi connectivity index (χ1) is 11.1. The van der Waals surface area contributed by atoms with Gasteiger partial charge in [-0.2, -0.15) is 0 Å². The van der Waals surface area contributed by atoms with Crippen molar-refractivity contribution in [3.63, 3.8) is 0 Å². The van der Waals surface area contributed by atoms with Crippen LogP contribution in [0.1, 0.15) is 17.7 Å². The minimum absolute atomic E-state index is 0.0384. The van der Waals surface area contributed by atoms with Gasteiger partial charge in [0, 0.05) is 25.6 Å². The van der Waals surface area contributed by atoms with Gasteiger partial charge < -0.3 is 14.7 Å². The van der Waals surface area contributed by atoms with Crippen LogP contribution in [0.5, 0.6) is 0 Å². The summed E-state index contributed by atoms with van der Waals surface area (Å²) in [5, 5.41) is 9.06. The molecule has 7 heteroatoms. The molecule has 1 aliphatic heterocycles. The number of aromatic nitrogens is 1. The van der Waals surface area contributed by atoms with Gasteiger partial charge in [-0.3, -0.25) is 10.1 Å². The molecule has 1 aliphatic rings. The summed E-state index contributed by atoms with van der Waals surface area (Å²) in [6.45, 7) is 2.80. The van der Waals surface area contributed by atoms with Crippen molar-refractivity contribution in [1.82, 2.24) is 15.4 Å². The fourth-order valence-corrected chi connectivity index (χ4v) is 2.59. The lowest BCUT2D eigenvalue weighted by atomic mass is 10.2. The van der Waals surface area contributed by atoms with E-state index in [1.807, 2.05) is 30.3 Å². The first kappa shape index (κ1) is 15.1. The van der Waals surface area contributed by atoms with Crippen molar-refractivity contribution < 1.29 is 14.1 Å². The SMILES string of the molecule is Cc1cc(NC(=O)NC2CC(=O)N(Cc3ccccc3)C2)no1. The molecule has 0 bridgehead atoms. The Morgan fingerprint density at radius 2 is 2.17 bits per heavy atom. The fraction of sp³-hybridized carbons (Fsp3) is 0.312. The number of anilines is 1. The van der Waals surface area contributed by atoms with E-state index in [0.29, 0.717) is 31.1 Å². The average molecular weight is 314 g/mol. The van der Waals surface area contributed by atoms with Crippen LogP contribution in [0.4, 0.5) is 10.6 Å². The zero-order valence-electron chi connectivity index (χ0n) is 12.8. The van der Waals surface area contributed by atoms with Gasteiger partial charge in [-0.1, -0.05) is 35.5 Å². The Labute approximate surface area is 133 Å². The Hall–Kier alpha value is -2.83. The normalized spacial score (nSPS) is 17.3. The van der Waals surface area contributed by atoms with Gasteiger partial charge in [-0.15, -0.1) is 0 Å². The Morgan fingerprint density at radius 3 is 2.87 bits per heavy atom. The number of nitrogens with one attached hydrogen (secondary N) is 2. The summed E-state index contributed by atoms with van der Waals surface area (Å²) in [5.74, 6) is 1.01. The van der Waals surface area contributed by atoms with Gasteiger partial charge in [-0.25, -0.2) is 4.79 Å². The van der Waals surface area contributed by atoms with Crippen LogP contribution in [0.2, 0.25) is 0 Å². The highest BCUT2D eigenvalue weighted by molar-refractivity contribution is 5.89. The molecule has 0 aliphatic carbocycles. The molecule has 2 N–H and O–H groups in total. The Morgan fingerprint density at radius 1 is 1.39 bits per heavy atom. The van der Waals surface area contributed by atoms with E-state index in [4.69, 9.17) is 4.52 Å². The summed E-state index contributed by atoms with van der Waals surface area (Å²) in [6.07, 6.45) is 0.304. The molecule has 0 spiro atoms. The summed E-state index contributed by atoms with van der Waals surface area (Å²) >= 11 is 0. The number of carbonyl (C=O) groups excluding carboxylic acids is 2. The van der Waals surface area contributed by atoms with E-state index in [1.165, 1.54) is 0 Å². The van der Waals surface area contributed by atoms with Crippen LogP contribution in [-0.4, -0.2) is 34.6 Å². The van der Waals surface area contributed by atoms with Crippen molar-refractivity contribution >= 4 is 17.8 Å². The number of carbonyl (C=O) groups is 2. The Bertz CT molecular complexity index is 698. The van der Waals surface area contributed by atoms with Crippen LogP contribution in [0.15, 0.2) is 40.9 Å². The van der Waals surface area contributed by atoms with E-state index in [1.54, 1.807) is 17.9 Å². The molecule has 3 amide bonds. The molecule has 1 saturated heterocycles. The van der Waals surface area contributed by atoms with Crippen molar-refractivity contribution in [2.75, 3.05) is 11.9 Å². The maximum Gasteiger partial charge on any atom is 0.320 e. The van der Waals surface area contributed by atoms with Gasteiger partial charge in [0.05, 0.1) is 6.04 Å². The number of rotatable bonds is 4. The number of nitrogens with zero attached hydrogens (tertiary/aromatic N) is 2. The van der Waals surface area contributed by atoms with Crippen LogP contribution in [0.3, 0.4) is 0 Å². The molecule has 1 aromatic carbocycles. The minimum atomic E-state index is -0.391. The van der Waals surface area contributed by atoms with Crippen LogP contribution < -0.4 is 10.6 Å². The quantitative estimate of drug-likeness (QED) is 0.902. The zero-order valence-corrected chi connectivity index (χ0v) is 12.8. The Kier molecular flexibility index (Phi) is 4.27. The molecule has 1 aromatic heterocycles. The second kappa shape index (κ2) is 6.51. The van der Waals surface area contributed by atoms with Crippen molar-refractivity contribution in [3.8, 4) is 0 Å². The number of benzene rings is 1. The van der Waals surface area contributed by atoms with Crippen LogP contribution in [0, 0.1) is 6.92 Å². The van der Waals surface area contributed by atoms with Crippen LogP contribution in [0.25, 0.3) is 0 Å². The maximum atomic E-state index is 12.1. The third-order valence-corrected chi connectivity index (χ3v) is 3.64. The number of hydrogen-bond donors (Lipinski definition) is 2. The number of hydrogen-bond acceptors (Lipinski definition) is 4. The fourth-order valence-electron chi connectivity index (χ4n) is 2.59. The van der Waals surface area contributed by atoms with Gasteiger partial charge in [0.1, 0.15) is 5.76 Å². The summed E-state index contributed by atoms with van der Waals surface area (Å²) in [6, 6.07) is 10.8. The van der Waals surface area contributed by atoms with E-state index in [2.05, 4.69) is 15.8 Å². The van der Waals surface area contributed by atoms with Gasteiger partial charge in [0.2, 0.25) is 5.91 Å². The molecule has 7 nitrogen and oxygen atoms in total. The molecule has 2 heterocycles. The molecule has 0 radical (unpaired) electrons. The lowest BCUT2D eigenvalue weighted by Gasteiger charge is -2.17. The predicted molar refractivity (Wildman–Crippen MR) is 83.7 cm³/mol. The molecule has 1 atom stereocenters. The smallest absolute Gasteiger partial charge is 0.320 e. The van der Waals surface area contributed by atoms with E-state index < -0.39 is 6.03 Å². The topological polar surface area (TPSA) is 87.5 Å². The first-order valence-electron chi connectivity index (χ1n) is 7.42. The van der Waals surface area contributed by atoms with E-state index in [-0.39, 0.29) is 11.9 Å². The summed E-state index contributed by atoms with van der Waals surface area (Å²) in [7, 11) is 0. The molecule has 3 rings (SSSR count). The average Bonchev–Trinajstić information content (AvgIpc) is 3.06. The first-order valence-corrected chi connectivity index (χ1v) is 7.42. The second-order valence-corrected chi connectivity index (χ2v) is 5.58. The van der Waals surface area contributed by atoms with Gasteiger partial charge >= 0.3 is 6.03 Å². The molecular weight excluding hydrogens is 296 g/mol. The third-order valence-electron chi connectivity index (χ3n) is 3.64. The van der Waals surface area contributed by atoms with Gasteiger partial charge in [0.25, 0.3) is 0 Å². The molecule has 2 aromatic rings. The molecular formula is C16H18N4O3. The minimum Gasteiger partial charge on any atom is -0.360 e. The zero-order chi connectivity index (χ0) is 16.2. The van der Waals surface area contributed by atoms with Gasteiger partial charge in [-0.05, 0) is 12.5 Å². The standard InChI is InChI=1S/C16H18N4O3/c1-11-7-14(19-23-11)18-16(22)17-13-8-15(21)20(10-13)9-12-5-3-2-4-6-12/h2-7,13H,8-10H2,1H3,(H2,17,18,19,22). The summed E-state index contributed by atoms with van der Waals surface area (Å²) < 4.78 is 4.88. The highest BCUT2D eigenvalue weighted by Crippen LogP contribution is 2.15. The van der Waals surface area contributed by atoms with Crippen molar-refractivity contribution in [3.05, 3.63) is 47.7 Å². The van der Waals surface area contributed by atoms with Crippen molar-refractivity contribution in [2.24, 2.45) is 0 Å². The van der Waals surface area contributed by atoms with E-state index >= 15 is 0 Å². The van der Waals surface area contributed by atoms with E-state index in [9.17, 15) is 9.59 Å².